The summed E-state index contributed by atoms with van der Waals surface area (Å²) in [6.07, 6.45) is 9.01. The molecule has 7 nitrogen and oxygen atoms in total. The molecule has 0 bridgehead atoms. The number of pyridine rings is 1. The first kappa shape index (κ1) is 15.7. The number of imidazole rings is 1. The van der Waals surface area contributed by atoms with Gasteiger partial charge in [0.1, 0.15) is 5.82 Å². The topological polar surface area (TPSA) is 69.0 Å². The minimum Gasteiger partial charge on any atom is -0.370 e. The minimum absolute atomic E-state index is 0.130. The first-order chi connectivity index (χ1) is 12.3. The van der Waals surface area contributed by atoms with Crippen LogP contribution in [0.2, 0.25) is 0 Å². The average Bonchev–Trinajstić information content (AvgIpc) is 3.08. The van der Waals surface area contributed by atoms with Crippen molar-refractivity contribution in [3.05, 3.63) is 66.3 Å². The van der Waals surface area contributed by atoms with Gasteiger partial charge in [0, 0.05) is 37.9 Å². The zero-order valence-electron chi connectivity index (χ0n) is 14.1. The highest BCUT2D eigenvalue weighted by atomic mass is 16.5. The van der Waals surface area contributed by atoms with E-state index in [1.54, 1.807) is 24.8 Å². The fraction of sp³-hybridized carbons (Fsp3) is 0.333. The summed E-state index contributed by atoms with van der Waals surface area (Å²) in [5.74, 6) is 1.78. The van der Waals surface area contributed by atoms with E-state index in [0.717, 1.165) is 36.1 Å². The zero-order chi connectivity index (χ0) is 17.1. The third-order valence-corrected chi connectivity index (χ3v) is 4.45. The predicted molar refractivity (Wildman–Crippen MR) is 92.8 cm³/mol. The van der Waals surface area contributed by atoms with Crippen LogP contribution in [-0.4, -0.2) is 31.0 Å². The highest BCUT2D eigenvalue weighted by molar-refractivity contribution is 5.34. The Labute approximate surface area is 146 Å². The summed E-state index contributed by atoms with van der Waals surface area (Å²) in [7, 11) is 0. The van der Waals surface area contributed by atoms with Crippen molar-refractivity contribution >= 4 is 5.95 Å². The van der Waals surface area contributed by atoms with E-state index in [4.69, 9.17) is 4.74 Å². The lowest BCUT2D eigenvalue weighted by Gasteiger charge is -2.34. The highest BCUT2D eigenvalue weighted by Gasteiger charge is 2.28. The van der Waals surface area contributed by atoms with Crippen molar-refractivity contribution in [1.82, 2.24) is 24.5 Å². The second-order valence-electron chi connectivity index (χ2n) is 6.03. The van der Waals surface area contributed by atoms with Gasteiger partial charge in [-0.1, -0.05) is 0 Å². The first-order valence-corrected chi connectivity index (χ1v) is 8.37. The molecule has 7 heteroatoms. The van der Waals surface area contributed by atoms with Gasteiger partial charge < -0.3 is 14.2 Å². The van der Waals surface area contributed by atoms with Crippen molar-refractivity contribution in [3.8, 4) is 0 Å². The maximum Gasteiger partial charge on any atom is 0.225 e. The van der Waals surface area contributed by atoms with E-state index in [2.05, 4.69) is 36.3 Å². The molecular weight excluding hydrogens is 316 g/mol. The van der Waals surface area contributed by atoms with Crippen LogP contribution in [0.15, 0.2) is 49.2 Å². The zero-order valence-corrected chi connectivity index (χ0v) is 14.1. The van der Waals surface area contributed by atoms with Gasteiger partial charge in [0.15, 0.2) is 0 Å². The lowest BCUT2D eigenvalue weighted by atomic mass is 10.2. The molecule has 0 spiro atoms. The van der Waals surface area contributed by atoms with E-state index >= 15 is 0 Å². The molecule has 4 rings (SSSR count). The van der Waals surface area contributed by atoms with Crippen LogP contribution < -0.4 is 4.90 Å². The number of nitrogens with zero attached hydrogens (tertiary/aromatic N) is 6. The van der Waals surface area contributed by atoms with Crippen LogP contribution in [0.4, 0.5) is 5.95 Å². The SMILES string of the molecule is CC1c2ncc(COCc3ccncc3)n2CCN1c1ncccn1. The summed E-state index contributed by atoms with van der Waals surface area (Å²) in [5.41, 5.74) is 2.22. The van der Waals surface area contributed by atoms with Gasteiger partial charge in [0.25, 0.3) is 0 Å². The van der Waals surface area contributed by atoms with Gasteiger partial charge in [0.2, 0.25) is 5.95 Å². The fourth-order valence-corrected chi connectivity index (χ4v) is 3.14. The Hall–Kier alpha value is -2.80. The number of ether oxygens (including phenoxy) is 1. The molecule has 0 saturated carbocycles. The molecule has 0 aliphatic carbocycles. The van der Waals surface area contributed by atoms with Crippen molar-refractivity contribution in [2.45, 2.75) is 32.7 Å². The van der Waals surface area contributed by atoms with E-state index in [1.807, 2.05) is 24.4 Å². The highest BCUT2D eigenvalue weighted by Crippen LogP contribution is 2.28. The van der Waals surface area contributed by atoms with Crippen LogP contribution >= 0.6 is 0 Å². The quantitative estimate of drug-likeness (QED) is 0.712. The Morgan fingerprint density at radius 3 is 2.64 bits per heavy atom. The van der Waals surface area contributed by atoms with Crippen LogP contribution in [0.25, 0.3) is 0 Å². The van der Waals surface area contributed by atoms with Crippen LogP contribution in [0.1, 0.15) is 30.0 Å². The lowest BCUT2D eigenvalue weighted by molar-refractivity contribution is 0.101. The Morgan fingerprint density at radius 1 is 1.04 bits per heavy atom. The normalized spacial score (nSPS) is 16.7. The van der Waals surface area contributed by atoms with E-state index in [1.165, 1.54) is 0 Å². The molecule has 3 aromatic heterocycles. The maximum atomic E-state index is 5.85. The standard InChI is InChI=1S/C18H20N6O/c1-14-17-22-11-16(13-25-12-15-3-7-19-8-4-15)24(17)10-9-23(14)18-20-5-2-6-21-18/h2-8,11,14H,9-10,12-13H2,1H3. The summed E-state index contributed by atoms with van der Waals surface area (Å²) >= 11 is 0. The van der Waals surface area contributed by atoms with Crippen molar-refractivity contribution in [1.29, 1.82) is 0 Å². The smallest absolute Gasteiger partial charge is 0.225 e. The van der Waals surface area contributed by atoms with Gasteiger partial charge >= 0.3 is 0 Å². The molecule has 0 radical (unpaired) electrons. The largest absolute Gasteiger partial charge is 0.370 e. The number of anilines is 1. The predicted octanol–water partition coefficient (Wildman–Crippen LogP) is 2.37. The van der Waals surface area contributed by atoms with E-state index in [-0.39, 0.29) is 6.04 Å². The van der Waals surface area contributed by atoms with Crippen LogP contribution in [0.5, 0.6) is 0 Å². The first-order valence-electron chi connectivity index (χ1n) is 8.37. The molecule has 1 aliphatic heterocycles. The number of hydrogen-bond donors (Lipinski definition) is 0. The summed E-state index contributed by atoms with van der Waals surface area (Å²) < 4.78 is 8.10. The number of rotatable bonds is 5. The molecule has 4 heterocycles. The Balaban J connectivity index is 1.44. The van der Waals surface area contributed by atoms with Crippen molar-refractivity contribution in [2.24, 2.45) is 0 Å². The summed E-state index contributed by atoms with van der Waals surface area (Å²) in [4.78, 5) is 19.5. The maximum absolute atomic E-state index is 5.85. The molecule has 25 heavy (non-hydrogen) atoms. The monoisotopic (exact) mass is 336 g/mol. The molecule has 1 atom stereocenters. The van der Waals surface area contributed by atoms with Gasteiger partial charge in [-0.2, -0.15) is 0 Å². The third kappa shape index (κ3) is 3.23. The molecule has 1 aliphatic rings. The molecule has 128 valence electrons. The molecule has 3 aromatic rings. The van der Waals surface area contributed by atoms with E-state index in [9.17, 15) is 0 Å². The lowest BCUT2D eigenvalue weighted by Crippen LogP contribution is -2.38. The summed E-state index contributed by atoms with van der Waals surface area (Å²) in [6.45, 7) is 4.96. The van der Waals surface area contributed by atoms with Gasteiger partial charge in [-0.05, 0) is 30.7 Å². The average molecular weight is 336 g/mol. The van der Waals surface area contributed by atoms with Gasteiger partial charge in [-0.25, -0.2) is 15.0 Å². The second-order valence-corrected chi connectivity index (χ2v) is 6.03. The molecule has 0 N–H and O–H groups in total. The van der Waals surface area contributed by atoms with Gasteiger partial charge in [-0.3, -0.25) is 4.98 Å². The van der Waals surface area contributed by atoms with Crippen LogP contribution in [-0.2, 0) is 24.5 Å². The Bertz CT molecular complexity index is 820. The van der Waals surface area contributed by atoms with E-state index < -0.39 is 0 Å². The van der Waals surface area contributed by atoms with Gasteiger partial charge in [-0.15, -0.1) is 0 Å². The fourth-order valence-electron chi connectivity index (χ4n) is 3.14. The minimum atomic E-state index is 0.130. The van der Waals surface area contributed by atoms with Crippen molar-refractivity contribution in [3.63, 3.8) is 0 Å². The second kappa shape index (κ2) is 6.98. The molecule has 0 saturated heterocycles. The Morgan fingerprint density at radius 2 is 1.84 bits per heavy atom. The van der Waals surface area contributed by atoms with Gasteiger partial charge in [0.05, 0.1) is 31.1 Å². The van der Waals surface area contributed by atoms with E-state index in [0.29, 0.717) is 13.2 Å². The van der Waals surface area contributed by atoms with Crippen molar-refractivity contribution < 1.29 is 4.74 Å². The Kier molecular flexibility index (Phi) is 4.39. The summed E-state index contributed by atoms with van der Waals surface area (Å²) in [6, 6.07) is 5.89. The molecule has 0 amide bonds. The number of fused-ring (bicyclic) bond motifs is 1. The molecule has 1 unspecified atom stereocenters. The van der Waals surface area contributed by atoms with Crippen LogP contribution in [0.3, 0.4) is 0 Å². The number of aromatic nitrogens is 5. The number of hydrogen-bond acceptors (Lipinski definition) is 6. The third-order valence-electron chi connectivity index (χ3n) is 4.45. The summed E-state index contributed by atoms with van der Waals surface area (Å²) in [5, 5.41) is 0. The van der Waals surface area contributed by atoms with Crippen LogP contribution in [0, 0.1) is 0 Å². The van der Waals surface area contributed by atoms with Crippen molar-refractivity contribution in [2.75, 3.05) is 11.4 Å². The molecule has 0 aromatic carbocycles. The molecule has 0 fully saturated rings. The molecular formula is C18H20N6O.